The van der Waals surface area contributed by atoms with Crippen LogP contribution in [0.4, 0.5) is 26.3 Å². The van der Waals surface area contributed by atoms with Crippen LogP contribution in [0.2, 0.25) is 0 Å². The topological polar surface area (TPSA) is 45.2 Å². The van der Waals surface area contributed by atoms with E-state index in [9.17, 15) is 31.1 Å². The molecule has 1 atom stereocenters. The number of likely N-dealkylation sites (tertiary alicyclic amines) is 1. The molecule has 254 valence electrons. The molecule has 1 aliphatic carbocycles. The average Bonchev–Trinajstić information content (AvgIpc) is 3.49. The largest absolute Gasteiger partial charge is 0.493 e. The molecule has 3 fully saturated rings. The van der Waals surface area contributed by atoms with Crippen LogP contribution in [0.5, 0.6) is 11.5 Å². The van der Waals surface area contributed by atoms with Crippen LogP contribution < -0.4 is 9.47 Å². The normalized spacial score (nSPS) is 22.3. The summed E-state index contributed by atoms with van der Waals surface area (Å²) in [4.78, 5) is 20.1. The molecule has 12 heteroatoms. The van der Waals surface area contributed by atoms with Gasteiger partial charge in [-0.2, -0.15) is 26.3 Å². The fraction of sp³-hybridized carbons (Fsp3) is 0.618. The highest BCUT2D eigenvalue weighted by Crippen LogP contribution is 2.42. The van der Waals surface area contributed by atoms with E-state index in [0.717, 1.165) is 44.7 Å². The molecule has 3 aliphatic rings. The molecule has 0 N–H and O–H groups in total. The predicted molar refractivity (Wildman–Crippen MR) is 162 cm³/mol. The Bertz CT molecular complexity index is 1320. The Labute approximate surface area is 266 Å². The lowest BCUT2D eigenvalue weighted by molar-refractivity contribution is -0.143. The van der Waals surface area contributed by atoms with Crippen molar-refractivity contribution in [1.29, 1.82) is 0 Å². The maximum absolute atomic E-state index is 13.5. The van der Waals surface area contributed by atoms with Crippen molar-refractivity contribution < 1.29 is 40.6 Å². The van der Waals surface area contributed by atoms with E-state index in [0.29, 0.717) is 49.2 Å². The van der Waals surface area contributed by atoms with E-state index < -0.39 is 41.2 Å². The highest BCUT2D eigenvalue weighted by Gasteiger charge is 2.43. The molecule has 1 amide bonds. The van der Waals surface area contributed by atoms with E-state index in [-0.39, 0.29) is 11.6 Å². The van der Waals surface area contributed by atoms with E-state index in [4.69, 9.17) is 9.47 Å². The lowest BCUT2D eigenvalue weighted by Gasteiger charge is -2.42. The summed E-state index contributed by atoms with van der Waals surface area (Å²) in [5.74, 6) is 0.612. The summed E-state index contributed by atoms with van der Waals surface area (Å²) in [6.07, 6.45) is -2.72. The Balaban J connectivity index is 1.32. The first-order valence-corrected chi connectivity index (χ1v) is 16.1. The smallest absolute Gasteiger partial charge is 0.416 e. The average molecular weight is 656 g/mol. The first-order chi connectivity index (χ1) is 21.8. The maximum Gasteiger partial charge on any atom is 0.416 e. The second-order valence-electron chi connectivity index (χ2n) is 12.9. The fourth-order valence-electron chi connectivity index (χ4n) is 7.41. The van der Waals surface area contributed by atoms with E-state index in [2.05, 4.69) is 9.80 Å². The Morgan fingerprint density at radius 1 is 0.826 bits per heavy atom. The minimum absolute atomic E-state index is 0.0842. The molecule has 1 unspecified atom stereocenters. The van der Waals surface area contributed by atoms with E-state index >= 15 is 0 Å². The first-order valence-electron chi connectivity index (χ1n) is 16.1. The van der Waals surface area contributed by atoms with Crippen molar-refractivity contribution >= 4 is 5.91 Å². The molecule has 1 saturated carbocycles. The van der Waals surface area contributed by atoms with Crippen LogP contribution >= 0.6 is 0 Å². The fourth-order valence-corrected chi connectivity index (χ4v) is 7.41. The number of rotatable bonds is 9. The number of benzene rings is 2. The highest BCUT2D eigenvalue weighted by molar-refractivity contribution is 5.79. The minimum atomic E-state index is -4.98. The second-order valence-corrected chi connectivity index (χ2v) is 12.9. The van der Waals surface area contributed by atoms with Gasteiger partial charge < -0.3 is 19.3 Å². The Morgan fingerprint density at radius 2 is 1.46 bits per heavy atom. The van der Waals surface area contributed by atoms with E-state index in [1.165, 1.54) is 32.1 Å². The molecule has 2 heterocycles. The number of carbonyl (C=O) groups is 1. The molecule has 0 bridgehead atoms. The van der Waals surface area contributed by atoms with Gasteiger partial charge in [0.1, 0.15) is 0 Å². The number of alkyl halides is 6. The summed E-state index contributed by atoms with van der Waals surface area (Å²) in [5.41, 5.74) is -2.67. The van der Waals surface area contributed by atoms with E-state index in [1.807, 2.05) is 18.2 Å². The van der Waals surface area contributed by atoms with Crippen LogP contribution in [0.25, 0.3) is 0 Å². The van der Waals surface area contributed by atoms with Gasteiger partial charge in [0.05, 0.1) is 31.8 Å². The molecule has 2 saturated heterocycles. The summed E-state index contributed by atoms with van der Waals surface area (Å²) in [7, 11) is 3.10. The number of carbonyl (C=O) groups excluding carboxylic acids is 1. The monoisotopic (exact) mass is 655 g/mol. The van der Waals surface area contributed by atoms with Crippen molar-refractivity contribution in [2.24, 2.45) is 0 Å². The summed E-state index contributed by atoms with van der Waals surface area (Å²) >= 11 is 0. The number of ether oxygens (including phenoxy) is 2. The number of halogens is 6. The number of piperazine rings is 1. The van der Waals surface area contributed by atoms with Crippen molar-refractivity contribution in [1.82, 2.24) is 14.7 Å². The van der Waals surface area contributed by atoms with Crippen LogP contribution in [0, 0.1) is 0 Å². The van der Waals surface area contributed by atoms with Crippen molar-refractivity contribution in [3.05, 3.63) is 58.7 Å². The molecule has 0 radical (unpaired) electrons. The number of hydrogen-bond donors (Lipinski definition) is 0. The van der Waals surface area contributed by atoms with Gasteiger partial charge in [-0.05, 0) is 73.7 Å². The van der Waals surface area contributed by atoms with Gasteiger partial charge in [-0.25, -0.2) is 0 Å². The third-order valence-electron chi connectivity index (χ3n) is 10.1. The van der Waals surface area contributed by atoms with Crippen LogP contribution in [0.1, 0.15) is 67.2 Å². The summed E-state index contributed by atoms with van der Waals surface area (Å²) < 4.78 is 91.7. The van der Waals surface area contributed by atoms with Gasteiger partial charge >= 0.3 is 12.4 Å². The molecule has 2 aromatic carbocycles. The highest BCUT2D eigenvalue weighted by atomic mass is 19.4. The number of hydrogen-bond acceptors (Lipinski definition) is 5. The maximum atomic E-state index is 13.5. The van der Waals surface area contributed by atoms with Crippen molar-refractivity contribution in [2.75, 3.05) is 60.0 Å². The molecule has 6 nitrogen and oxygen atoms in total. The quantitative estimate of drug-likeness (QED) is 0.279. The number of amides is 1. The summed E-state index contributed by atoms with van der Waals surface area (Å²) in [6, 6.07) is 7.73. The third kappa shape index (κ3) is 7.93. The molecule has 5 rings (SSSR count). The first kappa shape index (κ1) is 34.3. The molecular weight excluding hydrogens is 612 g/mol. The molecule has 2 aliphatic heterocycles. The molecule has 46 heavy (non-hydrogen) atoms. The van der Waals surface area contributed by atoms with Gasteiger partial charge in [0.25, 0.3) is 0 Å². The van der Waals surface area contributed by atoms with Gasteiger partial charge in [0, 0.05) is 50.7 Å². The summed E-state index contributed by atoms with van der Waals surface area (Å²) in [6.45, 7) is 5.40. The number of methoxy groups -OCH3 is 2. The Kier molecular flexibility index (Phi) is 10.5. The van der Waals surface area contributed by atoms with Crippen LogP contribution in [0.3, 0.4) is 0 Å². The van der Waals surface area contributed by atoms with E-state index in [1.54, 1.807) is 19.1 Å². The van der Waals surface area contributed by atoms with Gasteiger partial charge in [-0.1, -0.05) is 25.3 Å². The van der Waals surface area contributed by atoms with Crippen molar-refractivity contribution in [3.8, 4) is 11.5 Å². The molecule has 0 spiro atoms. The zero-order valence-electron chi connectivity index (χ0n) is 26.5. The minimum Gasteiger partial charge on any atom is -0.493 e. The lowest BCUT2D eigenvalue weighted by Crippen LogP contribution is -2.51. The molecular formula is C34H43F6N3O3. The second kappa shape index (κ2) is 14.0. The third-order valence-corrected chi connectivity index (χ3v) is 10.1. The Hall–Kier alpha value is -2.99. The van der Waals surface area contributed by atoms with Gasteiger partial charge in [-0.15, -0.1) is 0 Å². The van der Waals surface area contributed by atoms with Crippen molar-refractivity contribution in [3.63, 3.8) is 0 Å². The van der Waals surface area contributed by atoms with Gasteiger partial charge in [0.2, 0.25) is 5.91 Å². The van der Waals surface area contributed by atoms with Crippen LogP contribution in [-0.4, -0.2) is 86.7 Å². The van der Waals surface area contributed by atoms with Crippen molar-refractivity contribution in [2.45, 2.75) is 75.2 Å². The van der Waals surface area contributed by atoms with Crippen LogP contribution in [0.15, 0.2) is 36.4 Å². The predicted octanol–water partition coefficient (Wildman–Crippen LogP) is 6.79. The lowest BCUT2D eigenvalue weighted by atomic mass is 9.76. The standard InChI is InChI=1S/C34H43F6N3O3/c1-45-29-9-8-25(22-30(29)46-2)32(10-12-41-14-16-42(17-15-41)28-6-4-3-5-7-28)11-13-43(23-32)31(44)20-24-18-26(33(35,36)37)21-27(19-24)34(38,39)40/h8-9,18-19,21-22,28H,3-7,10-17,20,23H2,1-2H3. The van der Waals surface area contributed by atoms with Gasteiger partial charge in [0.15, 0.2) is 11.5 Å². The molecule has 2 aromatic rings. The number of nitrogens with zero attached hydrogens (tertiary/aromatic N) is 3. The van der Waals surface area contributed by atoms with Crippen LogP contribution in [-0.2, 0) is 29.0 Å². The SMILES string of the molecule is COc1ccc(C2(CCN3CCN(C4CCCCC4)CC3)CCN(C(=O)Cc3cc(C(F)(F)F)cc(C(F)(F)F)c3)C2)cc1OC. The Morgan fingerprint density at radius 3 is 2.04 bits per heavy atom. The zero-order valence-corrected chi connectivity index (χ0v) is 26.5. The molecule has 0 aromatic heterocycles. The zero-order chi connectivity index (χ0) is 33.1. The summed E-state index contributed by atoms with van der Waals surface area (Å²) in [5, 5.41) is 0. The van der Waals surface area contributed by atoms with Gasteiger partial charge in [-0.3, -0.25) is 9.69 Å².